The molecule has 0 aliphatic carbocycles. The second kappa shape index (κ2) is 6.64. The van der Waals surface area contributed by atoms with Crippen molar-refractivity contribution < 1.29 is 22.7 Å². The lowest BCUT2D eigenvalue weighted by Crippen LogP contribution is -2.14. The number of anilines is 1. The number of alkyl halides is 2. The van der Waals surface area contributed by atoms with Crippen LogP contribution in [-0.4, -0.2) is 12.5 Å². The quantitative estimate of drug-likeness (QED) is 0.767. The van der Waals surface area contributed by atoms with Crippen LogP contribution in [0.1, 0.15) is 10.4 Å². The highest BCUT2D eigenvalue weighted by molar-refractivity contribution is 9.10. The molecule has 1 aromatic heterocycles. The molecule has 1 amide bonds. The maximum Gasteiger partial charge on any atom is 0.387 e. The van der Waals surface area contributed by atoms with Crippen molar-refractivity contribution in [3.8, 4) is 5.75 Å². The molecule has 0 bridgehead atoms. The lowest BCUT2D eigenvalue weighted by Gasteiger charge is -2.13. The van der Waals surface area contributed by atoms with E-state index in [9.17, 15) is 13.6 Å². The minimum atomic E-state index is -3.06. The average molecular weight is 401 g/mol. The summed E-state index contributed by atoms with van der Waals surface area (Å²) in [5.41, 5.74) is 0.0210. The van der Waals surface area contributed by atoms with Gasteiger partial charge in [-0.1, -0.05) is 11.6 Å². The number of halogens is 5. The van der Waals surface area contributed by atoms with E-state index in [4.69, 9.17) is 27.6 Å². The van der Waals surface area contributed by atoms with Gasteiger partial charge in [-0.15, -0.1) is 0 Å². The van der Waals surface area contributed by atoms with E-state index >= 15 is 0 Å². The lowest BCUT2D eigenvalue weighted by atomic mass is 10.2. The van der Waals surface area contributed by atoms with E-state index in [2.05, 4.69) is 26.0 Å². The molecule has 1 aromatic carbocycles. The Balaban J connectivity index is 2.34. The molecule has 0 radical (unpaired) electrons. The number of carbonyl (C=O) groups excluding carboxylic acids is 1. The average Bonchev–Trinajstić information content (AvgIpc) is 2.79. The van der Waals surface area contributed by atoms with E-state index in [0.29, 0.717) is 0 Å². The first-order chi connectivity index (χ1) is 9.88. The zero-order valence-corrected chi connectivity index (χ0v) is 13.1. The second-order valence-corrected chi connectivity index (χ2v) is 5.34. The third-order valence-electron chi connectivity index (χ3n) is 2.33. The van der Waals surface area contributed by atoms with Crippen molar-refractivity contribution in [2.45, 2.75) is 6.61 Å². The summed E-state index contributed by atoms with van der Waals surface area (Å²) in [5.74, 6) is -0.899. The van der Waals surface area contributed by atoms with Crippen molar-refractivity contribution in [2.75, 3.05) is 5.32 Å². The zero-order chi connectivity index (χ0) is 15.6. The summed E-state index contributed by atoms with van der Waals surface area (Å²) < 4.78 is 34.2. The molecule has 112 valence electrons. The van der Waals surface area contributed by atoms with Gasteiger partial charge in [-0.05, 0) is 45.7 Å². The van der Waals surface area contributed by atoms with Crippen molar-refractivity contribution in [3.63, 3.8) is 0 Å². The first-order valence-corrected chi connectivity index (χ1v) is 6.91. The van der Waals surface area contributed by atoms with Gasteiger partial charge >= 0.3 is 6.61 Å². The fraction of sp³-hybridized carbons (Fsp3) is 0.0833. The van der Waals surface area contributed by atoms with Gasteiger partial charge in [0, 0.05) is 5.02 Å². The molecule has 0 atom stereocenters. The fourth-order valence-electron chi connectivity index (χ4n) is 1.51. The molecule has 21 heavy (non-hydrogen) atoms. The predicted molar refractivity (Wildman–Crippen MR) is 77.5 cm³/mol. The Morgan fingerprint density at radius 3 is 2.67 bits per heavy atom. The number of carbonyl (C=O) groups is 1. The Labute approximate surface area is 136 Å². The molecule has 0 saturated heterocycles. The molecule has 0 aliphatic rings. The van der Waals surface area contributed by atoms with E-state index in [1.165, 1.54) is 24.5 Å². The molecule has 9 heteroatoms. The highest BCUT2D eigenvalue weighted by Crippen LogP contribution is 2.38. The van der Waals surface area contributed by atoms with Crippen molar-refractivity contribution in [1.82, 2.24) is 0 Å². The minimum absolute atomic E-state index is 0.0306. The van der Waals surface area contributed by atoms with Crippen molar-refractivity contribution >= 4 is 50.7 Å². The van der Waals surface area contributed by atoms with E-state index in [1.807, 2.05) is 0 Å². The van der Waals surface area contributed by atoms with Gasteiger partial charge in [-0.2, -0.15) is 8.78 Å². The van der Waals surface area contributed by atoms with E-state index < -0.39 is 12.5 Å². The highest BCUT2D eigenvalue weighted by Gasteiger charge is 2.19. The predicted octanol–water partition coefficient (Wildman–Crippen LogP) is 5.20. The summed E-state index contributed by atoms with van der Waals surface area (Å²) in [5, 5.41) is 2.48. The molecule has 0 saturated carbocycles. The van der Waals surface area contributed by atoms with Crippen LogP contribution < -0.4 is 10.1 Å². The topological polar surface area (TPSA) is 51.5 Å². The lowest BCUT2D eigenvalue weighted by molar-refractivity contribution is -0.0498. The monoisotopic (exact) mass is 399 g/mol. The van der Waals surface area contributed by atoms with Gasteiger partial charge in [0.25, 0.3) is 5.91 Å². The molecule has 2 aromatic rings. The Hall–Kier alpha value is -1.31. The van der Waals surface area contributed by atoms with Crippen LogP contribution in [0.4, 0.5) is 14.5 Å². The summed E-state index contributed by atoms with van der Waals surface area (Å²) in [6.45, 7) is -3.06. The summed E-state index contributed by atoms with van der Waals surface area (Å²) in [7, 11) is 0. The highest BCUT2D eigenvalue weighted by atomic mass is 79.9. The molecule has 0 aliphatic heterocycles. The largest absolute Gasteiger partial charge is 0.452 e. The van der Waals surface area contributed by atoms with Crippen LogP contribution in [0.15, 0.2) is 33.4 Å². The van der Waals surface area contributed by atoms with E-state index in [0.717, 1.165) is 0 Å². The summed E-state index contributed by atoms with van der Waals surface area (Å²) >= 11 is 14.5. The van der Waals surface area contributed by atoms with Crippen LogP contribution >= 0.6 is 39.1 Å². The molecular weight excluding hydrogens is 395 g/mol. The van der Waals surface area contributed by atoms with Gasteiger partial charge in [0.15, 0.2) is 5.75 Å². The Morgan fingerprint density at radius 2 is 2.10 bits per heavy atom. The molecule has 1 N–H and O–H groups in total. The number of ether oxygens (including phenoxy) is 1. The van der Waals surface area contributed by atoms with Crippen molar-refractivity contribution in [1.29, 1.82) is 0 Å². The van der Waals surface area contributed by atoms with Gasteiger partial charge in [-0.25, -0.2) is 0 Å². The third kappa shape index (κ3) is 3.87. The number of nitrogens with one attached hydrogen (secondary N) is 1. The second-order valence-electron chi connectivity index (χ2n) is 3.70. The molecule has 0 unspecified atom stereocenters. The number of benzene rings is 1. The Bertz CT molecular complexity index is 679. The van der Waals surface area contributed by atoms with Crippen LogP contribution in [0.3, 0.4) is 0 Å². The maximum absolute atomic E-state index is 12.4. The van der Waals surface area contributed by atoms with Gasteiger partial charge in [0.2, 0.25) is 5.22 Å². The first kappa shape index (κ1) is 16.1. The Morgan fingerprint density at radius 1 is 1.38 bits per heavy atom. The normalized spacial score (nSPS) is 10.8. The third-order valence-corrected chi connectivity index (χ3v) is 3.43. The van der Waals surface area contributed by atoms with Crippen LogP contribution in [-0.2, 0) is 0 Å². The van der Waals surface area contributed by atoms with Gasteiger partial charge in [-0.3, -0.25) is 4.79 Å². The molecule has 1 heterocycles. The number of furan rings is 1. The van der Waals surface area contributed by atoms with Crippen LogP contribution in [0.5, 0.6) is 5.75 Å². The standard InChI is InChI=1S/C12H6BrCl2F2NO3/c13-7-3-5(14)4-8(9(7)21-12(16)17)18-11(19)6-1-2-20-10(6)15/h1-4,12H,(H,18,19). The number of hydrogen-bond donors (Lipinski definition) is 1. The van der Waals surface area contributed by atoms with Crippen molar-refractivity contribution in [2.24, 2.45) is 0 Å². The van der Waals surface area contributed by atoms with E-state index in [-0.39, 0.29) is 31.7 Å². The van der Waals surface area contributed by atoms with Gasteiger partial charge < -0.3 is 14.5 Å². The number of hydrogen-bond acceptors (Lipinski definition) is 3. The Kier molecular flexibility index (Phi) is 5.08. The number of rotatable bonds is 4. The summed E-state index contributed by atoms with van der Waals surface area (Å²) in [6.07, 6.45) is 1.22. The molecule has 2 rings (SSSR count). The van der Waals surface area contributed by atoms with Crippen LogP contribution in [0, 0.1) is 0 Å². The van der Waals surface area contributed by atoms with Crippen molar-refractivity contribution in [3.05, 3.63) is 44.7 Å². The van der Waals surface area contributed by atoms with Crippen LogP contribution in [0.25, 0.3) is 0 Å². The fourth-order valence-corrected chi connectivity index (χ4v) is 2.61. The summed E-state index contributed by atoms with van der Waals surface area (Å²) in [6, 6.07) is 3.97. The molecular formula is C12H6BrCl2F2NO3. The van der Waals surface area contributed by atoms with E-state index in [1.54, 1.807) is 0 Å². The smallest absolute Gasteiger partial charge is 0.387 e. The summed E-state index contributed by atoms with van der Waals surface area (Å²) in [4.78, 5) is 12.0. The molecule has 0 fully saturated rings. The zero-order valence-electron chi connectivity index (χ0n) is 10.0. The maximum atomic E-state index is 12.4. The number of amides is 1. The molecule has 4 nitrogen and oxygen atoms in total. The molecule has 0 spiro atoms. The van der Waals surface area contributed by atoms with Crippen LogP contribution in [0.2, 0.25) is 10.2 Å². The minimum Gasteiger partial charge on any atom is -0.452 e. The SMILES string of the molecule is O=C(Nc1cc(Cl)cc(Br)c1OC(F)F)c1ccoc1Cl. The van der Waals surface area contributed by atoms with Gasteiger partial charge in [0.05, 0.1) is 22.0 Å². The van der Waals surface area contributed by atoms with Gasteiger partial charge in [0.1, 0.15) is 0 Å². The first-order valence-electron chi connectivity index (χ1n) is 5.36.